The largest absolute Gasteiger partial charge is 0.519 e. The van der Waals surface area contributed by atoms with Crippen molar-refractivity contribution in [2.75, 3.05) is 25.0 Å². The third-order valence-electron chi connectivity index (χ3n) is 2.96. The summed E-state index contributed by atoms with van der Waals surface area (Å²) in [5.41, 5.74) is 0. The second-order valence-electron chi connectivity index (χ2n) is 4.98. The van der Waals surface area contributed by atoms with Gasteiger partial charge in [-0.25, -0.2) is 4.79 Å². The third-order valence-corrected chi connectivity index (χ3v) is 5.40. The Morgan fingerprint density at radius 1 is 0.727 bits per heavy atom. The lowest BCUT2D eigenvalue weighted by atomic mass is 10.3. The van der Waals surface area contributed by atoms with Gasteiger partial charge in [0.05, 0.1) is 0 Å². The molecule has 0 bridgehead atoms. The number of hydrogen-bond acceptors (Lipinski definition) is 3. The zero-order valence-corrected chi connectivity index (χ0v) is 14.8. The van der Waals surface area contributed by atoms with Crippen LogP contribution >= 0.6 is 0 Å². The van der Waals surface area contributed by atoms with E-state index < -0.39 is 6.16 Å². The highest BCUT2D eigenvalue weighted by Gasteiger charge is 2.22. The second kappa shape index (κ2) is 7.61. The Bertz CT molecular complexity index is 598. The van der Waals surface area contributed by atoms with E-state index in [-0.39, 0.29) is 21.8 Å². The van der Waals surface area contributed by atoms with Gasteiger partial charge in [0, 0.05) is 21.8 Å². The molecule has 0 aliphatic heterocycles. The van der Waals surface area contributed by atoms with Crippen molar-refractivity contribution >= 4 is 27.9 Å². The number of rotatable bonds is 4. The first kappa shape index (κ1) is 16.8. The van der Waals surface area contributed by atoms with Crippen molar-refractivity contribution < 1.29 is 14.3 Å². The Morgan fingerprint density at radius 2 is 1.09 bits per heavy atom. The first-order valence-electron chi connectivity index (χ1n) is 6.72. The van der Waals surface area contributed by atoms with Crippen LogP contribution in [0.5, 0.6) is 11.5 Å². The summed E-state index contributed by atoms with van der Waals surface area (Å²) in [6, 6.07) is 15.1. The molecule has 5 heteroatoms. The van der Waals surface area contributed by atoms with Crippen molar-refractivity contribution in [3.8, 4) is 11.5 Å². The van der Waals surface area contributed by atoms with Crippen LogP contribution in [0.2, 0.25) is 0 Å². The van der Waals surface area contributed by atoms with Crippen molar-refractivity contribution in [1.82, 2.24) is 0 Å². The summed E-state index contributed by atoms with van der Waals surface area (Å²) in [6.45, 7) is 0. The van der Waals surface area contributed by atoms with Gasteiger partial charge in [0.15, 0.2) is 21.3 Å². The number of hydrogen-bond donors (Lipinski definition) is 0. The molecule has 2 aromatic carbocycles. The average molecular weight is 336 g/mol. The number of benzene rings is 2. The Morgan fingerprint density at radius 3 is 1.45 bits per heavy atom. The molecule has 0 aliphatic carbocycles. The lowest BCUT2D eigenvalue weighted by molar-refractivity contribution is 0.149. The van der Waals surface area contributed by atoms with Crippen LogP contribution < -0.4 is 9.47 Å². The topological polar surface area (TPSA) is 35.5 Å². The highest BCUT2D eigenvalue weighted by atomic mass is 32.2. The summed E-state index contributed by atoms with van der Waals surface area (Å²) < 4.78 is 10.8. The highest BCUT2D eigenvalue weighted by molar-refractivity contribution is 7.95. The summed E-state index contributed by atoms with van der Waals surface area (Å²) in [7, 11) is 0.00695. The van der Waals surface area contributed by atoms with Gasteiger partial charge in [0.1, 0.15) is 25.0 Å². The molecule has 0 fully saturated rings. The molecule has 0 heterocycles. The van der Waals surface area contributed by atoms with Crippen molar-refractivity contribution in [2.24, 2.45) is 0 Å². The summed E-state index contributed by atoms with van der Waals surface area (Å²) in [6.07, 6.45) is 7.65. The molecule has 0 aliphatic rings. The van der Waals surface area contributed by atoms with Crippen LogP contribution in [-0.2, 0) is 21.8 Å². The lowest BCUT2D eigenvalue weighted by Crippen LogP contribution is -2.16. The molecular formula is C17H20O3S2+2. The minimum absolute atomic E-state index is 0.00348. The van der Waals surface area contributed by atoms with Gasteiger partial charge in [-0.15, -0.1) is 0 Å². The first-order chi connectivity index (χ1) is 10.5. The zero-order valence-electron chi connectivity index (χ0n) is 13.2. The van der Waals surface area contributed by atoms with E-state index in [0.29, 0.717) is 11.5 Å². The zero-order chi connectivity index (χ0) is 16.1. The Kier molecular flexibility index (Phi) is 5.80. The molecule has 0 atom stereocenters. The van der Waals surface area contributed by atoms with E-state index in [4.69, 9.17) is 9.47 Å². The number of para-hydroxylation sites is 2. The molecule has 3 nitrogen and oxygen atoms in total. The molecule has 0 saturated heterocycles. The van der Waals surface area contributed by atoms with Crippen LogP contribution in [0.4, 0.5) is 4.79 Å². The second-order valence-corrected chi connectivity index (χ2v) is 9.13. The van der Waals surface area contributed by atoms with Crippen LogP contribution in [0, 0.1) is 0 Å². The lowest BCUT2D eigenvalue weighted by Gasteiger charge is -2.09. The molecule has 0 N–H and O–H groups in total. The Hall–Kier alpha value is -1.59. The molecule has 116 valence electrons. The number of carbonyl (C=O) groups is 1. The maximum Gasteiger partial charge on any atom is 0.519 e. The molecular weight excluding hydrogens is 316 g/mol. The van der Waals surface area contributed by atoms with Gasteiger partial charge >= 0.3 is 6.16 Å². The molecule has 0 spiro atoms. The Labute approximate surface area is 137 Å². The van der Waals surface area contributed by atoms with E-state index in [2.05, 4.69) is 25.0 Å². The van der Waals surface area contributed by atoms with E-state index >= 15 is 0 Å². The highest BCUT2D eigenvalue weighted by Crippen LogP contribution is 2.26. The van der Waals surface area contributed by atoms with Gasteiger partial charge < -0.3 is 9.47 Å². The molecule has 0 amide bonds. The summed E-state index contributed by atoms with van der Waals surface area (Å²) in [4.78, 5) is 14.1. The Balaban J connectivity index is 2.15. The van der Waals surface area contributed by atoms with Gasteiger partial charge in [-0.2, -0.15) is 0 Å². The first-order valence-corrected chi connectivity index (χ1v) is 10.8. The number of carbonyl (C=O) groups excluding carboxylic acids is 1. The number of ether oxygens (including phenoxy) is 2. The van der Waals surface area contributed by atoms with Gasteiger partial charge in [0.2, 0.25) is 0 Å². The predicted molar refractivity (Wildman–Crippen MR) is 94.5 cm³/mol. The monoisotopic (exact) mass is 336 g/mol. The van der Waals surface area contributed by atoms with Gasteiger partial charge in [-0.1, -0.05) is 24.3 Å². The van der Waals surface area contributed by atoms with Crippen molar-refractivity contribution in [3.05, 3.63) is 48.5 Å². The average Bonchev–Trinajstić information content (AvgIpc) is 2.47. The molecule has 0 radical (unpaired) electrons. The van der Waals surface area contributed by atoms with E-state index in [1.807, 2.05) is 36.4 Å². The van der Waals surface area contributed by atoms with Gasteiger partial charge in [-0.3, -0.25) is 0 Å². The summed E-state index contributed by atoms with van der Waals surface area (Å²) in [5.74, 6) is 1.12. The molecule has 22 heavy (non-hydrogen) atoms. The summed E-state index contributed by atoms with van der Waals surface area (Å²) >= 11 is 0. The minimum atomic E-state index is -0.698. The molecule has 0 unspecified atom stereocenters. The van der Waals surface area contributed by atoms with Crippen molar-refractivity contribution in [2.45, 2.75) is 9.79 Å². The third kappa shape index (κ3) is 4.21. The SMILES string of the molecule is C[S+](C)c1ccccc1OC(=O)Oc1ccccc1[S+](C)C. The van der Waals surface area contributed by atoms with Crippen molar-refractivity contribution in [1.29, 1.82) is 0 Å². The molecule has 2 aromatic rings. The van der Waals surface area contributed by atoms with Gasteiger partial charge in [0.25, 0.3) is 0 Å². The fourth-order valence-corrected chi connectivity index (χ4v) is 3.67. The minimum Gasteiger partial charge on any atom is -0.389 e. The van der Waals surface area contributed by atoms with Crippen LogP contribution in [0.3, 0.4) is 0 Å². The van der Waals surface area contributed by atoms with E-state index in [9.17, 15) is 4.79 Å². The standard InChI is InChI=1S/C17H20O3S2/c1-21(2)15-11-7-5-9-13(15)19-17(18)20-14-10-6-8-12-16(14)22(3)4/h5-12H,1-4H3/q+2. The molecule has 0 aromatic heterocycles. The quantitative estimate of drug-likeness (QED) is 0.485. The van der Waals surface area contributed by atoms with Crippen LogP contribution in [-0.4, -0.2) is 31.2 Å². The molecule has 2 rings (SSSR count). The smallest absolute Gasteiger partial charge is 0.389 e. The predicted octanol–water partition coefficient (Wildman–Crippen LogP) is 3.74. The van der Waals surface area contributed by atoms with E-state index in [1.54, 1.807) is 12.1 Å². The molecule has 0 saturated carbocycles. The van der Waals surface area contributed by atoms with Gasteiger partial charge in [-0.05, 0) is 24.3 Å². The van der Waals surface area contributed by atoms with Crippen molar-refractivity contribution in [3.63, 3.8) is 0 Å². The fraction of sp³-hybridized carbons (Fsp3) is 0.235. The summed E-state index contributed by atoms with van der Waals surface area (Å²) in [5, 5.41) is 0. The fourth-order valence-electron chi connectivity index (χ4n) is 1.94. The van der Waals surface area contributed by atoms with Crippen LogP contribution in [0.1, 0.15) is 0 Å². The van der Waals surface area contributed by atoms with Crippen LogP contribution in [0.25, 0.3) is 0 Å². The maximum absolute atomic E-state index is 12.1. The van der Waals surface area contributed by atoms with Crippen LogP contribution in [0.15, 0.2) is 58.3 Å². The maximum atomic E-state index is 12.1. The van der Waals surface area contributed by atoms with E-state index in [1.165, 1.54) is 0 Å². The van der Waals surface area contributed by atoms with E-state index in [0.717, 1.165) is 9.79 Å². The normalized spacial score (nSPS) is 10.8.